The zero-order valence-corrected chi connectivity index (χ0v) is 25.2. The van der Waals surface area contributed by atoms with E-state index in [0.29, 0.717) is 19.8 Å². The third-order valence-corrected chi connectivity index (χ3v) is 7.94. The first-order valence-electron chi connectivity index (χ1n) is 15.6. The Morgan fingerprint density at radius 3 is 1.22 bits per heavy atom. The normalized spacial score (nSPS) is 11.4. The number of unbranched alkanes of at least 4 members (excludes halogenated alkanes) is 3. The first-order chi connectivity index (χ1) is 20.2. The number of ether oxygens (including phenoxy) is 3. The van der Waals surface area contributed by atoms with Crippen LogP contribution in [0.1, 0.15) is 71.8 Å². The van der Waals surface area contributed by atoms with Gasteiger partial charge in [-0.1, -0.05) is 120 Å². The van der Waals surface area contributed by atoms with Crippen molar-refractivity contribution in [1.82, 2.24) is 0 Å². The van der Waals surface area contributed by atoms with Crippen molar-refractivity contribution in [3.63, 3.8) is 0 Å². The minimum atomic E-state index is 0.681. The van der Waals surface area contributed by atoms with E-state index in [1.165, 1.54) is 21.9 Å². The van der Waals surface area contributed by atoms with Gasteiger partial charge in [0.05, 0.1) is 19.8 Å². The molecule has 0 aromatic heterocycles. The average molecular weight is 549 g/mol. The number of rotatable bonds is 14. The standard InChI is InChI=1S/C38H44O3/c1-5-9-24-39-36-27(8-4)35(38(41-26-11-7-3)33-23-17-16-22-32(33)36)34-28-18-12-14-20-30(28)37(40-25-10-6-2)31-21-15-13-19-29(31)34/h12-23H,5-11,24-26H2,1-4H3. The molecule has 0 aliphatic rings. The summed E-state index contributed by atoms with van der Waals surface area (Å²) >= 11 is 0. The number of hydrogen-bond donors (Lipinski definition) is 0. The van der Waals surface area contributed by atoms with Crippen LogP contribution in [0.4, 0.5) is 0 Å². The fourth-order valence-corrected chi connectivity index (χ4v) is 5.81. The van der Waals surface area contributed by atoms with Gasteiger partial charge in [-0.3, -0.25) is 0 Å². The van der Waals surface area contributed by atoms with Crippen molar-refractivity contribution in [1.29, 1.82) is 0 Å². The van der Waals surface area contributed by atoms with Crippen molar-refractivity contribution in [3.8, 4) is 28.4 Å². The van der Waals surface area contributed by atoms with Crippen molar-refractivity contribution in [2.45, 2.75) is 72.6 Å². The molecule has 5 aromatic carbocycles. The number of hydrogen-bond acceptors (Lipinski definition) is 3. The van der Waals surface area contributed by atoms with Crippen LogP contribution >= 0.6 is 0 Å². The molecule has 0 saturated heterocycles. The molecule has 5 rings (SSSR count). The second-order valence-electron chi connectivity index (χ2n) is 10.8. The van der Waals surface area contributed by atoms with Crippen molar-refractivity contribution >= 4 is 32.3 Å². The van der Waals surface area contributed by atoms with Crippen LogP contribution in [-0.2, 0) is 6.42 Å². The number of benzene rings is 5. The van der Waals surface area contributed by atoms with E-state index in [1.54, 1.807) is 0 Å². The van der Waals surface area contributed by atoms with E-state index in [2.05, 4.69) is 100 Å². The molecule has 0 aliphatic heterocycles. The summed E-state index contributed by atoms with van der Waals surface area (Å²) in [6, 6.07) is 26.0. The SMILES string of the molecule is CCCCOc1c(CC)c(-c2c3ccccc3c(OCCCC)c3ccccc23)c(OCCCC)c2ccccc12. The third-order valence-electron chi connectivity index (χ3n) is 7.94. The molecule has 214 valence electrons. The summed E-state index contributed by atoms with van der Waals surface area (Å²) in [5.41, 5.74) is 3.57. The molecule has 0 unspecified atom stereocenters. The highest BCUT2D eigenvalue weighted by Gasteiger charge is 2.26. The second-order valence-corrected chi connectivity index (χ2v) is 10.8. The van der Waals surface area contributed by atoms with Gasteiger partial charge in [-0.05, 0) is 36.5 Å². The fraction of sp³-hybridized carbons (Fsp3) is 0.368. The largest absolute Gasteiger partial charge is 0.493 e. The molecular weight excluding hydrogens is 504 g/mol. The van der Waals surface area contributed by atoms with E-state index < -0.39 is 0 Å². The highest BCUT2D eigenvalue weighted by Crippen LogP contribution is 2.52. The highest BCUT2D eigenvalue weighted by atomic mass is 16.5. The molecule has 0 radical (unpaired) electrons. The van der Waals surface area contributed by atoms with E-state index >= 15 is 0 Å². The lowest BCUT2D eigenvalue weighted by atomic mass is 9.85. The minimum Gasteiger partial charge on any atom is -0.493 e. The average Bonchev–Trinajstić information content (AvgIpc) is 3.01. The summed E-state index contributed by atoms with van der Waals surface area (Å²) < 4.78 is 20.0. The maximum atomic E-state index is 6.79. The Morgan fingerprint density at radius 2 is 0.780 bits per heavy atom. The molecule has 0 bridgehead atoms. The van der Waals surface area contributed by atoms with Gasteiger partial charge in [0.2, 0.25) is 0 Å². The zero-order valence-electron chi connectivity index (χ0n) is 25.2. The monoisotopic (exact) mass is 548 g/mol. The zero-order chi connectivity index (χ0) is 28.6. The van der Waals surface area contributed by atoms with Crippen molar-refractivity contribution < 1.29 is 14.2 Å². The van der Waals surface area contributed by atoms with Crippen LogP contribution in [0.3, 0.4) is 0 Å². The lowest BCUT2D eigenvalue weighted by Gasteiger charge is -2.25. The fourth-order valence-electron chi connectivity index (χ4n) is 5.81. The van der Waals surface area contributed by atoms with E-state index in [4.69, 9.17) is 14.2 Å². The summed E-state index contributed by atoms with van der Waals surface area (Å²) in [6.45, 7) is 11.0. The first kappa shape index (κ1) is 28.8. The van der Waals surface area contributed by atoms with Gasteiger partial charge in [0.25, 0.3) is 0 Å². The van der Waals surface area contributed by atoms with Crippen LogP contribution in [-0.4, -0.2) is 19.8 Å². The van der Waals surface area contributed by atoms with Gasteiger partial charge in [0, 0.05) is 38.2 Å². The van der Waals surface area contributed by atoms with E-state index in [9.17, 15) is 0 Å². The van der Waals surface area contributed by atoms with Gasteiger partial charge in [-0.15, -0.1) is 0 Å². The molecule has 0 aliphatic carbocycles. The van der Waals surface area contributed by atoms with Gasteiger partial charge >= 0.3 is 0 Å². The maximum absolute atomic E-state index is 6.79. The molecule has 0 fully saturated rings. The first-order valence-corrected chi connectivity index (χ1v) is 15.6. The van der Waals surface area contributed by atoms with Crippen LogP contribution in [0, 0.1) is 0 Å². The Hall–Kier alpha value is -3.72. The Morgan fingerprint density at radius 1 is 0.415 bits per heavy atom. The smallest absolute Gasteiger partial charge is 0.135 e. The van der Waals surface area contributed by atoms with Crippen LogP contribution < -0.4 is 14.2 Å². The molecule has 3 heteroatoms. The van der Waals surface area contributed by atoms with E-state index in [0.717, 1.165) is 89.3 Å². The predicted molar refractivity (Wildman–Crippen MR) is 175 cm³/mol. The van der Waals surface area contributed by atoms with Crippen LogP contribution in [0.25, 0.3) is 43.4 Å². The summed E-state index contributed by atoms with van der Waals surface area (Å²) in [5.74, 6) is 2.93. The molecule has 0 spiro atoms. The molecule has 5 aromatic rings. The Kier molecular flexibility index (Phi) is 9.67. The van der Waals surface area contributed by atoms with E-state index in [-0.39, 0.29) is 0 Å². The Balaban J connectivity index is 1.91. The highest BCUT2D eigenvalue weighted by molar-refractivity contribution is 6.19. The van der Waals surface area contributed by atoms with Crippen molar-refractivity contribution in [3.05, 3.63) is 78.4 Å². The van der Waals surface area contributed by atoms with Crippen LogP contribution in [0.15, 0.2) is 72.8 Å². The molecule has 0 heterocycles. The van der Waals surface area contributed by atoms with Crippen LogP contribution in [0.5, 0.6) is 17.2 Å². The summed E-state index contributed by atoms with van der Waals surface area (Å²) in [4.78, 5) is 0. The lowest BCUT2D eigenvalue weighted by Crippen LogP contribution is -2.07. The van der Waals surface area contributed by atoms with Crippen molar-refractivity contribution in [2.75, 3.05) is 19.8 Å². The topological polar surface area (TPSA) is 27.7 Å². The lowest BCUT2D eigenvalue weighted by molar-refractivity contribution is 0.305. The van der Waals surface area contributed by atoms with Gasteiger partial charge in [0.1, 0.15) is 17.2 Å². The summed E-state index contributed by atoms with van der Waals surface area (Å²) in [7, 11) is 0. The van der Waals surface area contributed by atoms with Gasteiger partial charge < -0.3 is 14.2 Å². The van der Waals surface area contributed by atoms with Crippen LogP contribution in [0.2, 0.25) is 0 Å². The predicted octanol–water partition coefficient (Wildman–Crippen LogP) is 10.9. The second kappa shape index (κ2) is 13.8. The van der Waals surface area contributed by atoms with Crippen molar-refractivity contribution in [2.24, 2.45) is 0 Å². The molecule has 0 atom stereocenters. The quantitative estimate of drug-likeness (QED) is 0.102. The Labute approximate surface area is 245 Å². The molecule has 0 saturated carbocycles. The van der Waals surface area contributed by atoms with E-state index in [1.807, 2.05) is 0 Å². The molecule has 0 amide bonds. The van der Waals surface area contributed by atoms with Gasteiger partial charge in [0.15, 0.2) is 0 Å². The van der Waals surface area contributed by atoms with Gasteiger partial charge in [-0.2, -0.15) is 0 Å². The molecule has 3 nitrogen and oxygen atoms in total. The molecule has 41 heavy (non-hydrogen) atoms. The van der Waals surface area contributed by atoms with Gasteiger partial charge in [-0.25, -0.2) is 0 Å². The summed E-state index contributed by atoms with van der Waals surface area (Å²) in [6.07, 6.45) is 7.18. The maximum Gasteiger partial charge on any atom is 0.135 e. The third kappa shape index (κ3) is 5.73. The number of fused-ring (bicyclic) bond motifs is 3. The molecular formula is C38H44O3. The summed E-state index contributed by atoms with van der Waals surface area (Å²) in [5, 5.41) is 6.88. The molecule has 0 N–H and O–H groups in total. The minimum absolute atomic E-state index is 0.681. The Bertz CT molecular complexity index is 1560.